The maximum atomic E-state index is 11.8. The lowest BCUT2D eigenvalue weighted by Gasteiger charge is -2.12. The SMILES string of the molecule is CN(C)S(=O)(=O)c1ccc(C(N)=O)cc1Cl. The molecule has 0 aliphatic rings. The number of nitrogens with zero attached hydrogens (tertiary/aromatic N) is 1. The number of nitrogens with two attached hydrogens (primary N) is 1. The van der Waals surface area contributed by atoms with E-state index in [1.54, 1.807) is 0 Å². The van der Waals surface area contributed by atoms with Gasteiger partial charge in [0.2, 0.25) is 15.9 Å². The number of hydrogen-bond donors (Lipinski definition) is 1. The number of hydrogen-bond acceptors (Lipinski definition) is 3. The van der Waals surface area contributed by atoms with Crippen LogP contribution in [0.25, 0.3) is 0 Å². The van der Waals surface area contributed by atoms with E-state index in [4.69, 9.17) is 17.3 Å². The third-order valence-corrected chi connectivity index (χ3v) is 4.27. The first kappa shape index (κ1) is 13.0. The van der Waals surface area contributed by atoms with E-state index in [0.29, 0.717) is 0 Å². The van der Waals surface area contributed by atoms with Gasteiger partial charge >= 0.3 is 0 Å². The average Bonchev–Trinajstić information content (AvgIpc) is 2.16. The molecule has 0 saturated carbocycles. The van der Waals surface area contributed by atoms with Gasteiger partial charge in [-0.2, -0.15) is 0 Å². The molecule has 0 unspecified atom stereocenters. The summed E-state index contributed by atoms with van der Waals surface area (Å²) in [6.07, 6.45) is 0. The van der Waals surface area contributed by atoms with Crippen LogP contribution in [0.2, 0.25) is 5.02 Å². The molecule has 1 rings (SSSR count). The third-order valence-electron chi connectivity index (χ3n) is 1.98. The lowest BCUT2D eigenvalue weighted by atomic mass is 10.2. The topological polar surface area (TPSA) is 80.5 Å². The number of rotatable bonds is 3. The summed E-state index contributed by atoms with van der Waals surface area (Å²) >= 11 is 5.79. The standard InChI is InChI=1S/C9H11ClN2O3S/c1-12(2)16(14,15)8-4-3-6(9(11)13)5-7(8)10/h3-5H,1-2H3,(H2,11,13). The van der Waals surface area contributed by atoms with Crippen molar-refractivity contribution >= 4 is 27.5 Å². The number of carbonyl (C=O) groups is 1. The van der Waals surface area contributed by atoms with Gasteiger partial charge in [0, 0.05) is 19.7 Å². The maximum absolute atomic E-state index is 11.8. The van der Waals surface area contributed by atoms with Gasteiger partial charge in [-0.1, -0.05) is 11.6 Å². The van der Waals surface area contributed by atoms with Gasteiger partial charge in [-0.25, -0.2) is 12.7 Å². The Morgan fingerprint density at radius 2 is 1.94 bits per heavy atom. The molecule has 7 heteroatoms. The van der Waals surface area contributed by atoms with Crippen LogP contribution in [0.15, 0.2) is 23.1 Å². The largest absolute Gasteiger partial charge is 0.366 e. The first-order chi connectivity index (χ1) is 7.26. The fourth-order valence-corrected chi connectivity index (χ4v) is 2.47. The Balaban J connectivity index is 3.35. The molecular formula is C9H11ClN2O3S. The van der Waals surface area contributed by atoms with Gasteiger partial charge in [0.25, 0.3) is 0 Å². The Kier molecular flexibility index (Phi) is 3.57. The Morgan fingerprint density at radius 1 is 1.38 bits per heavy atom. The van der Waals surface area contributed by atoms with Crippen molar-refractivity contribution in [3.05, 3.63) is 28.8 Å². The Labute approximate surface area is 98.9 Å². The fraction of sp³-hybridized carbons (Fsp3) is 0.222. The van der Waals surface area contributed by atoms with Gasteiger partial charge in [0.15, 0.2) is 0 Å². The molecule has 2 N–H and O–H groups in total. The Bertz CT molecular complexity index is 526. The highest BCUT2D eigenvalue weighted by molar-refractivity contribution is 7.89. The zero-order valence-electron chi connectivity index (χ0n) is 8.77. The summed E-state index contributed by atoms with van der Waals surface area (Å²) in [6, 6.07) is 3.82. The van der Waals surface area contributed by atoms with Crippen molar-refractivity contribution in [2.45, 2.75) is 4.90 Å². The second kappa shape index (κ2) is 4.40. The van der Waals surface area contributed by atoms with Crippen molar-refractivity contribution in [1.82, 2.24) is 4.31 Å². The number of benzene rings is 1. The first-order valence-electron chi connectivity index (χ1n) is 4.28. The summed E-state index contributed by atoms with van der Waals surface area (Å²) in [7, 11) is -0.808. The van der Waals surface area contributed by atoms with Crippen LogP contribution >= 0.6 is 11.6 Å². The van der Waals surface area contributed by atoms with Crippen LogP contribution in [0.5, 0.6) is 0 Å². The lowest BCUT2D eigenvalue weighted by Crippen LogP contribution is -2.22. The highest BCUT2D eigenvalue weighted by Crippen LogP contribution is 2.24. The van der Waals surface area contributed by atoms with Crippen molar-refractivity contribution in [3.8, 4) is 0 Å². The minimum Gasteiger partial charge on any atom is -0.366 e. The van der Waals surface area contributed by atoms with Crippen molar-refractivity contribution in [2.24, 2.45) is 5.73 Å². The van der Waals surface area contributed by atoms with Gasteiger partial charge in [0.1, 0.15) is 4.90 Å². The molecule has 16 heavy (non-hydrogen) atoms. The molecule has 1 aromatic carbocycles. The molecule has 0 atom stereocenters. The quantitative estimate of drug-likeness (QED) is 0.870. The van der Waals surface area contributed by atoms with E-state index in [1.807, 2.05) is 0 Å². The van der Waals surface area contributed by atoms with E-state index in [9.17, 15) is 13.2 Å². The highest BCUT2D eigenvalue weighted by Gasteiger charge is 2.21. The van der Waals surface area contributed by atoms with Crippen LogP contribution < -0.4 is 5.73 Å². The fourth-order valence-electron chi connectivity index (χ4n) is 1.06. The summed E-state index contributed by atoms with van der Waals surface area (Å²) in [5, 5.41) is -0.0231. The molecule has 0 aliphatic heterocycles. The summed E-state index contributed by atoms with van der Waals surface area (Å²) < 4.78 is 24.6. The van der Waals surface area contributed by atoms with Crippen LogP contribution in [0.4, 0.5) is 0 Å². The zero-order valence-corrected chi connectivity index (χ0v) is 10.3. The third kappa shape index (κ3) is 2.34. The van der Waals surface area contributed by atoms with Crippen molar-refractivity contribution in [3.63, 3.8) is 0 Å². The molecule has 0 aliphatic carbocycles. The van der Waals surface area contributed by atoms with Gasteiger partial charge < -0.3 is 5.73 Å². The predicted octanol–water partition coefficient (Wildman–Crippen LogP) is 0.689. The number of carbonyl (C=O) groups excluding carboxylic acids is 1. The predicted molar refractivity (Wildman–Crippen MR) is 60.8 cm³/mol. The van der Waals surface area contributed by atoms with Crippen LogP contribution in [0.3, 0.4) is 0 Å². The Morgan fingerprint density at radius 3 is 2.31 bits per heavy atom. The number of halogens is 1. The molecule has 0 spiro atoms. The van der Waals surface area contributed by atoms with Crippen LogP contribution in [-0.4, -0.2) is 32.7 Å². The Hall–Kier alpha value is -1.11. The molecule has 1 amide bonds. The normalized spacial score (nSPS) is 11.8. The van der Waals surface area contributed by atoms with E-state index >= 15 is 0 Å². The summed E-state index contributed by atoms with van der Waals surface area (Å²) in [4.78, 5) is 10.8. The van der Waals surface area contributed by atoms with Crippen molar-refractivity contribution in [1.29, 1.82) is 0 Å². The zero-order chi connectivity index (χ0) is 12.5. The molecule has 0 heterocycles. The minimum atomic E-state index is -3.60. The molecular weight excluding hydrogens is 252 g/mol. The molecule has 0 radical (unpaired) electrons. The molecule has 88 valence electrons. The molecule has 1 aromatic rings. The number of sulfonamides is 1. The number of amides is 1. The smallest absolute Gasteiger partial charge is 0.248 e. The summed E-state index contributed by atoms with van der Waals surface area (Å²) in [5.41, 5.74) is 5.21. The highest BCUT2D eigenvalue weighted by atomic mass is 35.5. The van der Waals surface area contributed by atoms with E-state index in [2.05, 4.69) is 0 Å². The van der Waals surface area contributed by atoms with Gasteiger partial charge in [-0.15, -0.1) is 0 Å². The van der Waals surface area contributed by atoms with E-state index in [-0.39, 0.29) is 15.5 Å². The average molecular weight is 263 g/mol. The molecule has 0 saturated heterocycles. The van der Waals surface area contributed by atoms with Crippen LogP contribution in [0.1, 0.15) is 10.4 Å². The second-order valence-electron chi connectivity index (χ2n) is 3.30. The second-order valence-corrected chi connectivity index (χ2v) is 5.82. The van der Waals surface area contributed by atoms with E-state index in [1.165, 1.54) is 32.3 Å². The van der Waals surface area contributed by atoms with E-state index < -0.39 is 15.9 Å². The van der Waals surface area contributed by atoms with Crippen molar-refractivity contribution in [2.75, 3.05) is 14.1 Å². The molecule has 0 fully saturated rings. The van der Waals surface area contributed by atoms with Gasteiger partial charge in [0.05, 0.1) is 5.02 Å². The minimum absolute atomic E-state index is 0.0231. The van der Waals surface area contributed by atoms with E-state index in [0.717, 1.165) is 4.31 Å². The lowest BCUT2D eigenvalue weighted by molar-refractivity contribution is 0.1000. The van der Waals surface area contributed by atoms with Crippen LogP contribution in [0, 0.1) is 0 Å². The molecule has 5 nitrogen and oxygen atoms in total. The summed E-state index contributed by atoms with van der Waals surface area (Å²) in [6.45, 7) is 0. The molecule has 0 aromatic heterocycles. The molecule has 0 bridgehead atoms. The monoisotopic (exact) mass is 262 g/mol. The van der Waals surface area contributed by atoms with Gasteiger partial charge in [-0.3, -0.25) is 4.79 Å². The number of primary amides is 1. The maximum Gasteiger partial charge on any atom is 0.248 e. The van der Waals surface area contributed by atoms with Crippen LogP contribution in [-0.2, 0) is 10.0 Å². The summed E-state index contributed by atoms with van der Waals surface area (Å²) in [5.74, 6) is -0.657. The first-order valence-corrected chi connectivity index (χ1v) is 6.10. The van der Waals surface area contributed by atoms with Crippen molar-refractivity contribution < 1.29 is 13.2 Å². The van der Waals surface area contributed by atoms with Gasteiger partial charge in [-0.05, 0) is 18.2 Å².